The summed E-state index contributed by atoms with van der Waals surface area (Å²) in [6, 6.07) is 0.132. The Bertz CT molecular complexity index is 445. The Morgan fingerprint density at radius 3 is 2.95 bits per heavy atom. The number of hydrogen-bond donors (Lipinski definition) is 3. The van der Waals surface area contributed by atoms with E-state index in [1.165, 1.54) is 0 Å². The highest BCUT2D eigenvalue weighted by molar-refractivity contribution is 8.00. The molecule has 0 aromatic heterocycles. The number of carbonyl (C=O) groups excluding carboxylic acids is 2. The average Bonchev–Trinajstić information content (AvgIpc) is 2.82. The second-order valence-electron chi connectivity index (χ2n) is 4.78. The second kappa shape index (κ2) is 6.32. The molecular weight excluding hydrogens is 310 g/mol. The van der Waals surface area contributed by atoms with Gasteiger partial charge in [0.25, 0.3) is 0 Å². The van der Waals surface area contributed by atoms with Crippen molar-refractivity contribution in [3.8, 4) is 0 Å². The van der Waals surface area contributed by atoms with E-state index in [4.69, 9.17) is 4.89 Å². The number of urea groups is 1. The summed E-state index contributed by atoms with van der Waals surface area (Å²) in [6.07, 6.45) is 1.88. The highest BCUT2D eigenvalue weighted by Gasteiger charge is 2.42. The Labute approximate surface area is 119 Å². The first-order valence-electron chi connectivity index (χ1n) is 6.28. The molecule has 10 heteroatoms. The van der Waals surface area contributed by atoms with Crippen molar-refractivity contribution in [1.82, 2.24) is 10.6 Å². The molecule has 0 aliphatic carbocycles. The third-order valence-corrected chi connectivity index (χ3v) is 5.21. The third kappa shape index (κ3) is 4.36. The van der Waals surface area contributed by atoms with Gasteiger partial charge < -0.3 is 15.2 Å². The van der Waals surface area contributed by atoms with E-state index >= 15 is 0 Å². The molecule has 0 saturated carbocycles. The fraction of sp³-hybridized carbons (Fsp3) is 0.800. The summed E-state index contributed by atoms with van der Waals surface area (Å²) < 4.78 is 26.1. The van der Waals surface area contributed by atoms with Crippen LogP contribution in [0.15, 0.2) is 0 Å². The maximum absolute atomic E-state index is 12.2. The number of amides is 2. The molecule has 0 bridgehead atoms. The van der Waals surface area contributed by atoms with Crippen LogP contribution < -0.4 is 10.6 Å². The molecule has 1 unspecified atom stereocenters. The maximum atomic E-state index is 12.2. The van der Waals surface area contributed by atoms with Gasteiger partial charge >= 0.3 is 19.9 Å². The van der Waals surface area contributed by atoms with Crippen molar-refractivity contribution in [3.05, 3.63) is 0 Å². The molecule has 114 valence electrons. The molecule has 0 radical (unpaired) electrons. The largest absolute Gasteiger partial charge is 0.569 e. The van der Waals surface area contributed by atoms with Crippen LogP contribution in [0.1, 0.15) is 25.7 Å². The van der Waals surface area contributed by atoms with E-state index in [2.05, 4.69) is 15.2 Å². The van der Waals surface area contributed by atoms with Crippen molar-refractivity contribution in [1.29, 1.82) is 0 Å². The first-order valence-corrected chi connectivity index (χ1v) is 8.80. The fourth-order valence-corrected chi connectivity index (χ4v) is 4.32. The smallest absolute Gasteiger partial charge is 0.367 e. The molecule has 4 atom stereocenters. The molecular formula is C10H16FN2O5PS. The minimum absolute atomic E-state index is 0.0927. The lowest BCUT2D eigenvalue weighted by atomic mass is 10.0. The van der Waals surface area contributed by atoms with Crippen LogP contribution in [0.5, 0.6) is 0 Å². The quantitative estimate of drug-likeness (QED) is 0.386. The van der Waals surface area contributed by atoms with Crippen molar-refractivity contribution in [2.24, 2.45) is 0 Å². The number of hydrogen-bond acceptors (Lipinski definition) is 5. The highest BCUT2D eigenvalue weighted by atomic mass is 32.2. The van der Waals surface area contributed by atoms with E-state index in [1.54, 1.807) is 11.8 Å². The van der Waals surface area contributed by atoms with Gasteiger partial charge in [-0.3, -0.25) is 9.69 Å². The molecule has 7 nitrogen and oxygen atoms in total. The molecule has 20 heavy (non-hydrogen) atoms. The van der Waals surface area contributed by atoms with Crippen LogP contribution in [0.25, 0.3) is 0 Å². The molecule has 2 fully saturated rings. The van der Waals surface area contributed by atoms with Crippen LogP contribution in [0, 0.1) is 0 Å². The van der Waals surface area contributed by atoms with Crippen molar-refractivity contribution in [3.63, 3.8) is 0 Å². The number of unbranched alkanes of at least 4 members (excludes halogenated alkanes) is 1. The second-order valence-corrected chi connectivity index (χ2v) is 7.14. The van der Waals surface area contributed by atoms with Crippen molar-refractivity contribution < 1.29 is 27.8 Å². The molecule has 2 amide bonds. The molecule has 2 aliphatic heterocycles. The van der Waals surface area contributed by atoms with E-state index < -0.39 is 13.9 Å². The van der Waals surface area contributed by atoms with Gasteiger partial charge in [-0.15, -0.1) is 4.20 Å². The van der Waals surface area contributed by atoms with Crippen LogP contribution in [-0.2, 0) is 13.9 Å². The van der Waals surface area contributed by atoms with Crippen LogP contribution in [0.4, 0.5) is 8.99 Å². The van der Waals surface area contributed by atoms with E-state index in [9.17, 15) is 18.4 Å². The lowest BCUT2D eigenvalue weighted by Crippen LogP contribution is -2.36. The van der Waals surface area contributed by atoms with Gasteiger partial charge in [-0.1, -0.05) is 6.42 Å². The van der Waals surface area contributed by atoms with Crippen LogP contribution >= 0.6 is 19.7 Å². The zero-order valence-electron chi connectivity index (χ0n) is 10.6. The van der Waals surface area contributed by atoms with Crippen molar-refractivity contribution in [2.45, 2.75) is 43.0 Å². The summed E-state index contributed by atoms with van der Waals surface area (Å²) in [7, 11) is -5.22. The van der Waals surface area contributed by atoms with Gasteiger partial charge in [0.2, 0.25) is 0 Å². The van der Waals surface area contributed by atoms with Crippen molar-refractivity contribution >= 4 is 31.7 Å². The zero-order valence-corrected chi connectivity index (χ0v) is 12.3. The minimum atomic E-state index is -5.22. The van der Waals surface area contributed by atoms with E-state index in [-0.39, 0.29) is 24.5 Å². The van der Waals surface area contributed by atoms with Gasteiger partial charge in [0.15, 0.2) is 0 Å². The Kier molecular flexibility index (Phi) is 4.93. The predicted molar refractivity (Wildman–Crippen MR) is 71.0 cm³/mol. The summed E-state index contributed by atoms with van der Waals surface area (Å²) in [5.74, 6) is -0.141. The zero-order chi connectivity index (χ0) is 14.8. The molecule has 0 aromatic rings. The van der Waals surface area contributed by atoms with Gasteiger partial charge in [0.1, 0.15) is 0 Å². The number of halogens is 1. The number of rotatable bonds is 6. The Morgan fingerprint density at radius 2 is 2.25 bits per heavy atom. The summed E-state index contributed by atoms with van der Waals surface area (Å²) in [4.78, 5) is 30.4. The van der Waals surface area contributed by atoms with Crippen molar-refractivity contribution in [2.75, 3.05) is 5.75 Å². The normalized spacial score (nSPS) is 31.1. The van der Waals surface area contributed by atoms with E-state index in [0.29, 0.717) is 18.1 Å². The Morgan fingerprint density at radius 1 is 1.50 bits per heavy atom. The maximum Gasteiger partial charge on any atom is 0.569 e. The number of fused-ring (bicyclic) bond motifs is 1. The first kappa shape index (κ1) is 15.6. The van der Waals surface area contributed by atoms with E-state index in [0.717, 1.165) is 12.2 Å². The van der Waals surface area contributed by atoms with Crippen LogP contribution in [0.2, 0.25) is 0 Å². The Balaban J connectivity index is 1.63. The van der Waals surface area contributed by atoms with Gasteiger partial charge in [0, 0.05) is 17.4 Å². The van der Waals surface area contributed by atoms with Gasteiger partial charge in [-0.05, 0) is 12.8 Å². The summed E-state index contributed by atoms with van der Waals surface area (Å²) in [6.45, 7) is 0. The summed E-state index contributed by atoms with van der Waals surface area (Å²) in [5, 5.41) is 5.99. The van der Waals surface area contributed by atoms with Gasteiger partial charge in [-0.2, -0.15) is 11.8 Å². The third-order valence-electron chi connectivity index (χ3n) is 3.27. The molecule has 2 heterocycles. The number of thioether (sulfide) groups is 1. The molecule has 0 aromatic carbocycles. The summed E-state index contributed by atoms with van der Waals surface area (Å²) in [5.41, 5.74) is 0. The van der Waals surface area contributed by atoms with Gasteiger partial charge in [-0.25, -0.2) is 9.36 Å². The fourth-order valence-electron chi connectivity index (χ4n) is 2.43. The lowest BCUT2D eigenvalue weighted by molar-refractivity contribution is -0.135. The molecule has 2 rings (SSSR count). The monoisotopic (exact) mass is 326 g/mol. The van der Waals surface area contributed by atoms with Gasteiger partial charge in [0.05, 0.1) is 12.1 Å². The molecule has 0 spiro atoms. The molecule has 2 aliphatic rings. The highest BCUT2D eigenvalue weighted by Crippen LogP contribution is 2.43. The predicted octanol–water partition coefficient (Wildman–Crippen LogP) is 1.33. The lowest BCUT2D eigenvalue weighted by Gasteiger charge is -2.16. The molecule has 3 N–H and O–H groups in total. The number of carbonyl (C=O) groups is 2. The SMILES string of the molecule is O=C1N[C@H]2[C@H](CS[C@H]2CCCCC(=O)OP(=O)(O)F)N1. The van der Waals surface area contributed by atoms with E-state index in [1.807, 2.05) is 0 Å². The average molecular weight is 326 g/mol. The standard InChI is InChI=1S/C10H16FN2O5PS/c11-19(16,17)18-8(14)4-2-1-3-7-9-6(5-20-7)12-10(15)13-9/h6-7,9H,1-5H2,(H,16,17)(H2,12,13,15)/t6-,7-,9-/m0/s1. The summed E-state index contributed by atoms with van der Waals surface area (Å²) >= 11 is 1.77. The number of nitrogens with one attached hydrogen (secondary N) is 2. The Hall–Kier alpha value is -0.790. The molecule has 2 saturated heterocycles. The topological polar surface area (TPSA) is 105 Å². The van der Waals surface area contributed by atoms with Crippen LogP contribution in [0.3, 0.4) is 0 Å². The van der Waals surface area contributed by atoms with Crippen LogP contribution in [-0.4, -0.2) is 40.0 Å². The first-order chi connectivity index (χ1) is 9.35. The minimum Gasteiger partial charge on any atom is -0.367 e.